The van der Waals surface area contributed by atoms with Crippen molar-refractivity contribution in [1.29, 1.82) is 0 Å². The Bertz CT molecular complexity index is 1090. The van der Waals surface area contributed by atoms with Gasteiger partial charge in [-0.2, -0.15) is 0 Å². The Kier molecular flexibility index (Phi) is 22.2. The summed E-state index contributed by atoms with van der Waals surface area (Å²) in [6, 6.07) is 6.38. The zero-order valence-electron chi connectivity index (χ0n) is 22.3. The fourth-order valence-electron chi connectivity index (χ4n) is 1.95. The Morgan fingerprint density at radius 2 is 0.953 bits per heavy atom. The number of alkyl halides is 2. The highest BCUT2D eigenvalue weighted by molar-refractivity contribution is 9.12. The van der Waals surface area contributed by atoms with Crippen LogP contribution in [0.4, 0.5) is 0 Å². The van der Waals surface area contributed by atoms with Crippen molar-refractivity contribution in [1.82, 2.24) is 0 Å². The van der Waals surface area contributed by atoms with Crippen LogP contribution >= 0.6 is 43.5 Å². The van der Waals surface area contributed by atoms with Gasteiger partial charge >= 0.3 is 47.8 Å². The summed E-state index contributed by atoms with van der Waals surface area (Å²) in [6.07, 6.45) is -0.684. The molecule has 0 spiro atoms. The molecule has 1 aromatic rings. The first-order chi connectivity index (χ1) is 19.5. The van der Waals surface area contributed by atoms with Gasteiger partial charge in [-0.25, -0.2) is 0 Å². The zero-order chi connectivity index (χ0) is 34.7. The molecule has 0 aliphatic heterocycles. The van der Waals surface area contributed by atoms with E-state index in [9.17, 15) is 38.4 Å². The maximum Gasteiger partial charge on any atom is 0.320 e. The van der Waals surface area contributed by atoms with Crippen LogP contribution in [0.2, 0.25) is 5.02 Å². The molecule has 0 saturated carbocycles. The third-order valence-electron chi connectivity index (χ3n) is 4.57. The van der Waals surface area contributed by atoms with Gasteiger partial charge in [0.25, 0.3) is 0 Å². The van der Waals surface area contributed by atoms with E-state index >= 15 is 0 Å². The molecule has 0 aliphatic rings. The minimum absolute atomic E-state index is 0.0757. The molecule has 0 heterocycles. The second-order valence-electron chi connectivity index (χ2n) is 8.38. The molecular formula is C24H29Br2ClO16. The Morgan fingerprint density at radius 3 is 1.16 bits per heavy atom. The van der Waals surface area contributed by atoms with Gasteiger partial charge in [0.2, 0.25) is 0 Å². The van der Waals surface area contributed by atoms with Gasteiger partial charge in [-0.3, -0.25) is 38.4 Å². The van der Waals surface area contributed by atoms with Gasteiger partial charge in [0.1, 0.15) is 9.65 Å². The Morgan fingerprint density at radius 1 is 0.628 bits per heavy atom. The second kappa shape index (κ2) is 21.9. The lowest BCUT2D eigenvalue weighted by Gasteiger charge is -2.11. The van der Waals surface area contributed by atoms with Gasteiger partial charge < -0.3 is 40.9 Å². The minimum Gasteiger partial charge on any atom is -0.481 e. The molecule has 0 aliphatic carbocycles. The van der Waals surface area contributed by atoms with Crippen LogP contribution in [0.3, 0.4) is 0 Å². The smallest absolute Gasteiger partial charge is 0.320 e. The van der Waals surface area contributed by atoms with E-state index in [4.69, 9.17) is 52.5 Å². The van der Waals surface area contributed by atoms with Crippen molar-refractivity contribution in [3.8, 4) is 0 Å². The number of carboxylic acids is 8. The molecule has 19 heteroatoms. The first-order valence-electron chi connectivity index (χ1n) is 11.3. The maximum atomic E-state index is 11.0. The molecule has 0 bridgehead atoms. The van der Waals surface area contributed by atoms with Gasteiger partial charge in [-0.05, 0) is 38.0 Å². The number of carbonyl (C=O) groups is 8. The van der Waals surface area contributed by atoms with E-state index in [0.717, 1.165) is 13.8 Å². The Balaban J connectivity index is -0.000000520. The molecule has 242 valence electrons. The predicted molar refractivity (Wildman–Crippen MR) is 153 cm³/mol. The average Bonchev–Trinajstić information content (AvgIpc) is 2.88. The topological polar surface area (TPSA) is 298 Å². The summed E-state index contributed by atoms with van der Waals surface area (Å²) in [5, 5.41) is 66.8. The van der Waals surface area contributed by atoms with Crippen LogP contribution in [0.25, 0.3) is 0 Å². The number of hydrogen-bond acceptors (Lipinski definition) is 8. The fourth-order valence-corrected chi connectivity index (χ4v) is 2.53. The van der Waals surface area contributed by atoms with Crippen molar-refractivity contribution >= 4 is 91.2 Å². The van der Waals surface area contributed by atoms with E-state index < -0.39 is 68.7 Å². The molecule has 1 rings (SSSR count). The van der Waals surface area contributed by atoms with E-state index in [1.807, 2.05) is 0 Å². The average molecular weight is 769 g/mol. The highest BCUT2D eigenvalue weighted by Gasteiger charge is 2.35. The summed E-state index contributed by atoms with van der Waals surface area (Å²) in [6.45, 7) is 2.27. The van der Waals surface area contributed by atoms with Gasteiger partial charge in [-0.15, -0.1) is 0 Å². The monoisotopic (exact) mass is 766 g/mol. The molecule has 3 unspecified atom stereocenters. The summed E-state index contributed by atoms with van der Waals surface area (Å²) in [5.74, 6) is -10.0. The van der Waals surface area contributed by atoms with Gasteiger partial charge in [-0.1, -0.05) is 55.6 Å². The van der Waals surface area contributed by atoms with Crippen molar-refractivity contribution in [3.63, 3.8) is 0 Å². The molecule has 0 saturated heterocycles. The SMILES string of the molecule is CC(C)(C(=O)O)C(=O)O.O=C(O)C(Br)C(Br)C(=O)O.O=C(O)CCC(=O)O.O=C(O)CCC(C(=O)O)c1ccc(Cl)cc1. The predicted octanol–water partition coefficient (Wildman–Crippen LogP) is 3.17. The molecule has 0 amide bonds. The van der Waals surface area contributed by atoms with Crippen molar-refractivity contribution in [2.24, 2.45) is 5.41 Å². The van der Waals surface area contributed by atoms with Gasteiger partial charge in [0.15, 0.2) is 5.41 Å². The summed E-state index contributed by atoms with van der Waals surface area (Å²) in [4.78, 5) is 78.8. The number of hydrogen-bond donors (Lipinski definition) is 8. The lowest BCUT2D eigenvalue weighted by atomic mass is 9.94. The van der Waals surface area contributed by atoms with Gasteiger partial charge in [0.05, 0.1) is 18.8 Å². The third kappa shape index (κ3) is 21.6. The molecule has 43 heavy (non-hydrogen) atoms. The standard InChI is InChI=1S/C11H11ClO4.C5H8O4.C4H4Br2O4.C4H6O4/c12-8-3-1-7(2-4-8)9(11(15)16)5-6-10(13)14;1-5(2,3(6)7)4(8)9;5-1(3(7)8)2(6)4(9)10;5-3(6)1-2-4(7)8/h1-4,9H,5-6H2,(H,13,14)(H,15,16);1-2H3,(H,6,7)(H,8,9);1-2H,(H,7,8)(H,9,10);1-2H2,(H,5,6)(H,7,8). The molecule has 0 radical (unpaired) electrons. The molecule has 3 atom stereocenters. The van der Waals surface area contributed by atoms with Crippen LogP contribution in [-0.2, 0) is 38.4 Å². The maximum absolute atomic E-state index is 11.0. The van der Waals surface area contributed by atoms with Crippen LogP contribution in [0.1, 0.15) is 51.0 Å². The molecule has 16 nitrogen and oxygen atoms in total. The third-order valence-corrected chi connectivity index (χ3v) is 7.37. The highest BCUT2D eigenvalue weighted by Crippen LogP contribution is 2.23. The van der Waals surface area contributed by atoms with Crippen LogP contribution in [0.5, 0.6) is 0 Å². The van der Waals surface area contributed by atoms with Crippen LogP contribution < -0.4 is 0 Å². The largest absolute Gasteiger partial charge is 0.481 e. The first kappa shape index (κ1) is 43.7. The van der Waals surface area contributed by atoms with E-state index in [0.29, 0.717) is 10.6 Å². The summed E-state index contributed by atoms with van der Waals surface area (Å²) in [5.41, 5.74) is -1.10. The number of rotatable bonds is 13. The number of halogens is 3. The lowest BCUT2D eigenvalue weighted by Crippen LogP contribution is -2.32. The van der Waals surface area contributed by atoms with Crippen LogP contribution in [-0.4, -0.2) is 98.3 Å². The number of carboxylic acid groups (broad SMARTS) is 8. The van der Waals surface area contributed by atoms with E-state index in [1.54, 1.807) is 24.3 Å². The van der Waals surface area contributed by atoms with Crippen molar-refractivity contribution in [2.75, 3.05) is 0 Å². The van der Waals surface area contributed by atoms with Crippen molar-refractivity contribution in [3.05, 3.63) is 34.9 Å². The highest BCUT2D eigenvalue weighted by atomic mass is 79.9. The van der Waals surface area contributed by atoms with Crippen molar-refractivity contribution in [2.45, 2.75) is 55.1 Å². The fraction of sp³-hybridized carbons (Fsp3) is 0.417. The van der Waals surface area contributed by atoms with E-state index in [-0.39, 0.29) is 25.7 Å². The molecule has 0 aromatic heterocycles. The Labute approximate surface area is 265 Å². The first-order valence-corrected chi connectivity index (χ1v) is 13.5. The molecule has 8 N–H and O–H groups in total. The lowest BCUT2D eigenvalue weighted by molar-refractivity contribution is -0.162. The summed E-state index contributed by atoms with van der Waals surface area (Å²) in [7, 11) is 0. The quantitative estimate of drug-likeness (QED) is 0.106. The van der Waals surface area contributed by atoms with Gasteiger partial charge in [0, 0.05) is 11.4 Å². The van der Waals surface area contributed by atoms with Crippen LogP contribution in [0, 0.1) is 5.41 Å². The second-order valence-corrected chi connectivity index (χ2v) is 10.8. The summed E-state index contributed by atoms with van der Waals surface area (Å²) >= 11 is 11.0. The van der Waals surface area contributed by atoms with Crippen LogP contribution in [0.15, 0.2) is 24.3 Å². The molecular weight excluding hydrogens is 740 g/mol. The molecule has 1 aromatic carbocycles. The summed E-state index contributed by atoms with van der Waals surface area (Å²) < 4.78 is 0. The number of aliphatic carboxylic acids is 8. The van der Waals surface area contributed by atoms with E-state index in [2.05, 4.69) is 31.9 Å². The normalized spacial score (nSPS) is 12.0. The molecule has 0 fully saturated rings. The number of benzene rings is 1. The minimum atomic E-state index is -1.67. The van der Waals surface area contributed by atoms with Crippen molar-refractivity contribution < 1.29 is 79.2 Å². The Hall–Kier alpha value is -3.77. The zero-order valence-corrected chi connectivity index (χ0v) is 26.3. The van der Waals surface area contributed by atoms with E-state index in [1.165, 1.54) is 0 Å².